The number of Topliss-reactive ketones (excluding diaryl/α,β-unsaturated/α-hetero) is 2. The summed E-state index contributed by atoms with van der Waals surface area (Å²) >= 11 is 12.8. The van der Waals surface area contributed by atoms with Crippen molar-refractivity contribution in [3.05, 3.63) is 33.6 Å². The molecule has 2 aromatic carbocycles. The number of carbonyl (C=O) groups excluding carboxylic acids is 2. The zero-order valence-electron chi connectivity index (χ0n) is 26.4. The van der Waals surface area contributed by atoms with E-state index in [2.05, 4.69) is 146 Å². The summed E-state index contributed by atoms with van der Waals surface area (Å²) in [6.45, 7) is -3.25. The molecule has 0 aromatic heterocycles. The van der Waals surface area contributed by atoms with Gasteiger partial charge in [-0.25, -0.2) is 0 Å². The van der Waals surface area contributed by atoms with Gasteiger partial charge >= 0.3 is 0 Å². The van der Waals surface area contributed by atoms with E-state index in [0.29, 0.717) is 18.6 Å². The summed E-state index contributed by atoms with van der Waals surface area (Å²) < 4.78 is 16.4. The Morgan fingerprint density at radius 3 is 1.21 bits per heavy atom. The maximum atomic E-state index is 12.6. The monoisotopic (exact) mass is 1410 g/mol. The molecule has 0 aliphatic rings. The molecular formula is C30H34I6N2O14. The molecule has 0 bridgehead atoms. The zero-order chi connectivity index (χ0) is 39.4. The first-order valence-corrected chi connectivity index (χ1v) is 21.1. The standard InChI is InChI=1S/C30H34I6N2O14/c31-13-1-15(33)29(51-9-11(41)3-37-5-17(43)25(47)27(49)19(45)7-39)23(35)21(13)22-14(32)2-16(34)30(24(22)36)52-10-12(42)4-38-6-18(44)26(48)28(50)20(46)8-40/h1-2,5-6,17-20,25-28,39-40,43-50H,3-4,7-10H2/t17-,18-,19+,20+,25+,26+,27+,28+/m0/s1. The maximum absolute atomic E-state index is 12.6. The Balaban J connectivity index is 2.20. The van der Waals surface area contributed by atoms with E-state index in [-0.39, 0.29) is 13.2 Å². The predicted molar refractivity (Wildman–Crippen MR) is 238 cm³/mol. The number of hydrogen-bond acceptors (Lipinski definition) is 16. The highest BCUT2D eigenvalue weighted by molar-refractivity contribution is 14.1. The molecule has 290 valence electrons. The summed E-state index contributed by atoms with van der Waals surface area (Å²) in [5.41, 5.74) is 1.57. The summed E-state index contributed by atoms with van der Waals surface area (Å²) in [5.74, 6) is -0.0753. The van der Waals surface area contributed by atoms with Gasteiger partial charge in [-0.3, -0.25) is 19.6 Å². The molecule has 8 atom stereocenters. The zero-order valence-corrected chi connectivity index (χ0v) is 39.4. The van der Waals surface area contributed by atoms with Gasteiger partial charge in [-0.05, 0) is 148 Å². The smallest absolute Gasteiger partial charge is 0.191 e. The summed E-state index contributed by atoms with van der Waals surface area (Å²) in [6.07, 6.45) is -12.4. The molecule has 2 rings (SSSR count). The van der Waals surface area contributed by atoms with Crippen LogP contribution in [-0.2, 0) is 9.59 Å². The van der Waals surface area contributed by atoms with Crippen molar-refractivity contribution in [2.45, 2.75) is 48.8 Å². The van der Waals surface area contributed by atoms with Gasteiger partial charge in [0.05, 0.1) is 27.5 Å². The summed E-state index contributed by atoms with van der Waals surface area (Å²) in [4.78, 5) is 32.8. The molecule has 0 heterocycles. The lowest BCUT2D eigenvalue weighted by Gasteiger charge is -2.23. The number of halogens is 6. The van der Waals surface area contributed by atoms with Gasteiger partial charge in [-0.2, -0.15) is 0 Å². The van der Waals surface area contributed by atoms with Gasteiger partial charge in [-0.1, -0.05) is 0 Å². The molecule has 0 saturated carbocycles. The van der Waals surface area contributed by atoms with Crippen molar-refractivity contribution in [1.29, 1.82) is 0 Å². The highest BCUT2D eigenvalue weighted by atomic mass is 127. The first-order valence-electron chi connectivity index (χ1n) is 14.7. The fraction of sp³-hybridized carbons (Fsp3) is 0.467. The Labute approximate surface area is 379 Å². The van der Waals surface area contributed by atoms with Crippen molar-refractivity contribution in [3.63, 3.8) is 0 Å². The Hall–Kier alpha value is 0.700. The number of nitrogens with zero attached hydrogens (tertiary/aromatic N) is 2. The van der Waals surface area contributed by atoms with Gasteiger partial charge in [-0.15, -0.1) is 0 Å². The number of aliphatic hydroxyl groups excluding tert-OH is 10. The lowest BCUT2D eigenvalue weighted by Crippen LogP contribution is -2.46. The fourth-order valence-corrected chi connectivity index (χ4v) is 12.5. The van der Waals surface area contributed by atoms with Crippen LogP contribution in [0.25, 0.3) is 11.1 Å². The number of rotatable bonds is 21. The van der Waals surface area contributed by atoms with Crippen LogP contribution in [0, 0.1) is 21.4 Å². The van der Waals surface area contributed by atoms with E-state index in [1.54, 1.807) is 0 Å². The molecule has 0 saturated heterocycles. The predicted octanol–water partition coefficient (Wildman–Crippen LogP) is -0.110. The highest BCUT2D eigenvalue weighted by Crippen LogP contribution is 2.45. The Morgan fingerprint density at radius 1 is 0.577 bits per heavy atom. The van der Waals surface area contributed by atoms with Crippen LogP contribution in [0.5, 0.6) is 11.5 Å². The lowest BCUT2D eigenvalue weighted by molar-refractivity contribution is -0.120. The quantitative estimate of drug-likeness (QED) is 0.0578. The molecule has 0 fully saturated rings. The molecule has 52 heavy (non-hydrogen) atoms. The third-order valence-electron chi connectivity index (χ3n) is 6.87. The van der Waals surface area contributed by atoms with Crippen molar-refractivity contribution in [3.8, 4) is 22.6 Å². The lowest BCUT2D eigenvalue weighted by atomic mass is 10.0. The van der Waals surface area contributed by atoms with Crippen LogP contribution in [0.15, 0.2) is 22.1 Å². The summed E-state index contributed by atoms with van der Waals surface area (Å²) in [6, 6.07) is 3.75. The average Bonchev–Trinajstić information content (AvgIpc) is 3.10. The van der Waals surface area contributed by atoms with Crippen LogP contribution in [0.1, 0.15) is 0 Å². The molecule has 0 spiro atoms. The molecule has 0 radical (unpaired) electrons. The van der Waals surface area contributed by atoms with Gasteiger partial charge in [0.2, 0.25) is 0 Å². The topological polar surface area (TPSA) is 280 Å². The summed E-state index contributed by atoms with van der Waals surface area (Å²) in [7, 11) is 0. The van der Waals surface area contributed by atoms with Crippen molar-refractivity contribution in [2.24, 2.45) is 9.98 Å². The first kappa shape index (κ1) is 48.8. The molecule has 16 nitrogen and oxygen atoms in total. The normalized spacial score (nSPS) is 16.7. The minimum Gasteiger partial charge on any atom is -0.484 e. The van der Waals surface area contributed by atoms with Gasteiger partial charge in [0.15, 0.2) is 11.6 Å². The molecule has 22 heteroatoms. The van der Waals surface area contributed by atoms with E-state index in [9.17, 15) is 50.4 Å². The number of benzene rings is 2. The third kappa shape index (κ3) is 14.0. The number of aliphatic hydroxyl groups is 10. The molecule has 0 amide bonds. The minimum absolute atomic E-state index is 0.380. The van der Waals surface area contributed by atoms with E-state index in [4.69, 9.17) is 19.7 Å². The number of hydrogen-bond donors (Lipinski definition) is 10. The van der Waals surface area contributed by atoms with Gasteiger partial charge in [0, 0.05) is 30.7 Å². The number of ketones is 2. The third-order valence-corrected chi connectivity index (χ3v) is 12.2. The van der Waals surface area contributed by atoms with E-state index >= 15 is 0 Å². The van der Waals surface area contributed by atoms with Gasteiger partial charge < -0.3 is 60.5 Å². The van der Waals surface area contributed by atoms with Crippen molar-refractivity contribution in [1.82, 2.24) is 0 Å². The highest BCUT2D eigenvalue weighted by Gasteiger charge is 2.30. The number of ether oxygens (including phenoxy) is 2. The average molecular weight is 1410 g/mol. The Morgan fingerprint density at radius 2 is 0.904 bits per heavy atom. The molecule has 0 aliphatic carbocycles. The molecule has 2 aromatic rings. The van der Waals surface area contributed by atoms with Crippen molar-refractivity contribution < 1.29 is 70.1 Å². The second-order valence-corrected chi connectivity index (χ2v) is 17.6. The van der Waals surface area contributed by atoms with E-state index < -0.39 is 86.7 Å². The second-order valence-electron chi connectivity index (χ2n) is 10.8. The SMILES string of the molecule is O=C(CN=C[C@H](O)[C@@H](O)[C@H](O)[C@H](O)CO)COc1c(I)cc(I)c(-c2c(I)cc(I)c(OCC(=O)CN=C[C@H](O)[C@@H](O)[C@H](O)[C@H](O)CO)c2I)c1I. The van der Waals surface area contributed by atoms with Crippen LogP contribution in [0.3, 0.4) is 0 Å². The van der Waals surface area contributed by atoms with E-state index in [1.807, 2.05) is 12.1 Å². The van der Waals surface area contributed by atoms with E-state index in [1.165, 1.54) is 0 Å². The van der Waals surface area contributed by atoms with Gasteiger partial charge in [0.25, 0.3) is 0 Å². The second kappa shape index (κ2) is 23.8. The summed E-state index contributed by atoms with van der Waals surface area (Å²) in [5, 5.41) is 95.8. The van der Waals surface area contributed by atoms with Crippen LogP contribution < -0.4 is 9.47 Å². The number of aliphatic imine (C=N–C) groups is 2. The van der Waals surface area contributed by atoms with Crippen LogP contribution in [-0.4, -0.2) is 163 Å². The number of carbonyl (C=O) groups is 2. The van der Waals surface area contributed by atoms with Crippen LogP contribution >= 0.6 is 136 Å². The fourth-order valence-electron chi connectivity index (χ4n) is 4.04. The van der Waals surface area contributed by atoms with E-state index in [0.717, 1.165) is 37.8 Å². The Bertz CT molecular complexity index is 1490. The van der Waals surface area contributed by atoms with Crippen molar-refractivity contribution in [2.75, 3.05) is 39.5 Å². The maximum Gasteiger partial charge on any atom is 0.191 e. The molecule has 0 aliphatic heterocycles. The largest absolute Gasteiger partial charge is 0.484 e. The first-order chi connectivity index (χ1) is 24.4. The van der Waals surface area contributed by atoms with Crippen molar-refractivity contribution >= 4 is 160 Å². The molecular weight excluding hydrogens is 1370 g/mol. The molecule has 0 unspecified atom stereocenters. The minimum atomic E-state index is -1.85. The van der Waals surface area contributed by atoms with Crippen LogP contribution in [0.2, 0.25) is 0 Å². The Kier molecular flexibility index (Phi) is 22.4. The van der Waals surface area contributed by atoms with Crippen LogP contribution in [0.4, 0.5) is 0 Å². The van der Waals surface area contributed by atoms with Gasteiger partial charge in [0.1, 0.15) is 86.6 Å². The molecule has 10 N–H and O–H groups in total.